The van der Waals surface area contributed by atoms with Crippen LogP contribution in [0.1, 0.15) is 25.3 Å². The zero-order valence-electron chi connectivity index (χ0n) is 17.2. The van der Waals surface area contributed by atoms with Gasteiger partial charge in [0.15, 0.2) is 5.54 Å². The first-order chi connectivity index (χ1) is 15.0. The van der Waals surface area contributed by atoms with Gasteiger partial charge in [-0.3, -0.25) is 14.5 Å². The summed E-state index contributed by atoms with van der Waals surface area (Å²) in [5.41, 5.74) is 0.299. The van der Waals surface area contributed by atoms with Gasteiger partial charge >= 0.3 is 6.03 Å². The molecule has 0 unspecified atom stereocenters. The van der Waals surface area contributed by atoms with Crippen LogP contribution in [-0.2, 0) is 15.1 Å². The lowest BCUT2D eigenvalue weighted by molar-refractivity contribution is -0.135. The first kappa shape index (κ1) is 19.9. The van der Waals surface area contributed by atoms with Gasteiger partial charge in [0, 0.05) is 28.7 Å². The smallest absolute Gasteiger partial charge is 0.325 e. The summed E-state index contributed by atoms with van der Waals surface area (Å²) >= 11 is 1.74. The van der Waals surface area contributed by atoms with Crippen LogP contribution in [0.3, 0.4) is 0 Å². The van der Waals surface area contributed by atoms with E-state index in [4.69, 9.17) is 4.74 Å². The summed E-state index contributed by atoms with van der Waals surface area (Å²) in [6.45, 7) is 2.72. The topological polar surface area (TPSA) is 79.0 Å². The molecule has 1 N–H and O–H groups in total. The molecule has 3 heterocycles. The molecule has 3 aliphatic heterocycles. The number of rotatable bonds is 2. The molecule has 0 saturated carbocycles. The van der Waals surface area contributed by atoms with Crippen molar-refractivity contribution >= 4 is 35.3 Å². The SMILES string of the molecule is C[C@@H]1CCN(C(=O)CN2C(=O)N[C@@]3(CCOc4ccccc43)C2=O)c2ccccc2S1. The van der Waals surface area contributed by atoms with Gasteiger partial charge in [-0.05, 0) is 24.6 Å². The first-order valence-electron chi connectivity index (χ1n) is 10.4. The van der Waals surface area contributed by atoms with Crippen LogP contribution in [0.2, 0.25) is 0 Å². The third-order valence-electron chi connectivity index (χ3n) is 6.10. The van der Waals surface area contributed by atoms with Gasteiger partial charge in [-0.1, -0.05) is 37.3 Å². The summed E-state index contributed by atoms with van der Waals surface area (Å²) in [7, 11) is 0. The number of nitrogens with one attached hydrogen (secondary N) is 1. The van der Waals surface area contributed by atoms with E-state index in [0.29, 0.717) is 36.1 Å². The number of benzene rings is 2. The fourth-order valence-corrected chi connectivity index (χ4v) is 5.59. The second-order valence-corrected chi connectivity index (χ2v) is 9.53. The summed E-state index contributed by atoms with van der Waals surface area (Å²) in [6.07, 6.45) is 1.17. The minimum Gasteiger partial charge on any atom is -0.493 e. The van der Waals surface area contributed by atoms with Crippen molar-refractivity contribution in [3.8, 4) is 5.75 Å². The number of carbonyl (C=O) groups is 3. The molecule has 8 heteroatoms. The second-order valence-electron chi connectivity index (χ2n) is 8.05. The van der Waals surface area contributed by atoms with E-state index in [1.54, 1.807) is 28.8 Å². The molecule has 3 aliphatic rings. The predicted octanol–water partition coefficient (Wildman–Crippen LogP) is 3.13. The molecule has 0 aliphatic carbocycles. The van der Waals surface area contributed by atoms with Gasteiger partial charge in [-0.25, -0.2) is 4.79 Å². The van der Waals surface area contributed by atoms with Crippen molar-refractivity contribution in [1.82, 2.24) is 10.2 Å². The fraction of sp³-hybridized carbons (Fsp3) is 0.348. The lowest BCUT2D eigenvalue weighted by Crippen LogP contribution is -2.48. The van der Waals surface area contributed by atoms with Crippen molar-refractivity contribution in [2.75, 3.05) is 24.6 Å². The summed E-state index contributed by atoms with van der Waals surface area (Å²) in [5, 5.41) is 3.23. The molecule has 2 aromatic rings. The number of para-hydroxylation sites is 2. The van der Waals surface area contributed by atoms with Crippen LogP contribution in [-0.4, -0.2) is 47.7 Å². The van der Waals surface area contributed by atoms with Crippen LogP contribution in [0.4, 0.5) is 10.5 Å². The number of thioether (sulfide) groups is 1. The van der Waals surface area contributed by atoms with E-state index in [1.807, 2.05) is 36.4 Å². The van der Waals surface area contributed by atoms with Gasteiger partial charge in [-0.15, -0.1) is 11.8 Å². The van der Waals surface area contributed by atoms with Crippen LogP contribution in [0.25, 0.3) is 0 Å². The Morgan fingerprint density at radius 1 is 1.19 bits per heavy atom. The Morgan fingerprint density at radius 2 is 1.97 bits per heavy atom. The predicted molar refractivity (Wildman–Crippen MR) is 117 cm³/mol. The van der Waals surface area contributed by atoms with E-state index >= 15 is 0 Å². The molecular weight excluding hydrogens is 414 g/mol. The zero-order valence-corrected chi connectivity index (χ0v) is 18.0. The molecule has 1 saturated heterocycles. The number of anilines is 1. The lowest BCUT2D eigenvalue weighted by Gasteiger charge is -2.33. The van der Waals surface area contributed by atoms with Crippen molar-refractivity contribution in [2.24, 2.45) is 0 Å². The maximum atomic E-state index is 13.5. The molecule has 0 radical (unpaired) electrons. The van der Waals surface area contributed by atoms with Crippen LogP contribution in [0, 0.1) is 0 Å². The molecule has 2 aromatic carbocycles. The molecule has 4 amide bonds. The first-order valence-corrected chi connectivity index (χ1v) is 11.3. The van der Waals surface area contributed by atoms with Crippen molar-refractivity contribution in [1.29, 1.82) is 0 Å². The highest BCUT2D eigenvalue weighted by molar-refractivity contribution is 8.00. The Labute approximate surface area is 184 Å². The fourth-order valence-electron chi connectivity index (χ4n) is 4.48. The summed E-state index contributed by atoms with van der Waals surface area (Å²) < 4.78 is 5.67. The average Bonchev–Trinajstić information content (AvgIpc) is 2.90. The number of imide groups is 1. The van der Waals surface area contributed by atoms with Crippen LogP contribution in [0.5, 0.6) is 5.75 Å². The van der Waals surface area contributed by atoms with E-state index in [-0.39, 0.29) is 12.5 Å². The van der Waals surface area contributed by atoms with Crippen molar-refractivity contribution in [3.63, 3.8) is 0 Å². The highest BCUT2D eigenvalue weighted by Gasteiger charge is 2.55. The molecule has 1 spiro atoms. The number of nitrogens with zero attached hydrogens (tertiary/aromatic N) is 2. The number of hydrogen-bond donors (Lipinski definition) is 1. The van der Waals surface area contributed by atoms with E-state index < -0.39 is 17.5 Å². The zero-order chi connectivity index (χ0) is 21.6. The minimum atomic E-state index is -1.17. The lowest BCUT2D eigenvalue weighted by atomic mass is 9.84. The molecule has 2 atom stereocenters. The van der Waals surface area contributed by atoms with Crippen molar-refractivity contribution in [3.05, 3.63) is 54.1 Å². The average molecular weight is 438 g/mol. The molecular formula is C23H23N3O4S. The molecule has 0 bridgehead atoms. The largest absolute Gasteiger partial charge is 0.493 e. The molecule has 160 valence electrons. The van der Waals surface area contributed by atoms with Gasteiger partial charge in [0.2, 0.25) is 5.91 Å². The standard InChI is InChI=1S/C23H23N3O4S/c1-15-10-12-25(17-7-3-5-9-19(17)31-15)20(27)14-26-21(28)23(24-22(26)29)11-13-30-18-8-4-2-6-16(18)23/h2-9,15H,10-14H2,1H3,(H,24,29)/t15-,23-/m1/s1. The van der Waals surface area contributed by atoms with E-state index in [1.165, 1.54) is 0 Å². The number of ether oxygens (including phenoxy) is 1. The molecule has 31 heavy (non-hydrogen) atoms. The third-order valence-corrected chi connectivity index (χ3v) is 7.33. The summed E-state index contributed by atoms with van der Waals surface area (Å²) in [5.74, 6) is -0.0708. The maximum Gasteiger partial charge on any atom is 0.325 e. The monoisotopic (exact) mass is 437 g/mol. The Hall–Kier alpha value is -3.00. The van der Waals surface area contributed by atoms with E-state index in [0.717, 1.165) is 21.9 Å². The normalized spacial score (nSPS) is 24.9. The number of hydrogen-bond acceptors (Lipinski definition) is 5. The Bertz CT molecular complexity index is 1070. The number of fused-ring (bicyclic) bond motifs is 3. The highest BCUT2D eigenvalue weighted by Crippen LogP contribution is 2.41. The molecule has 5 rings (SSSR count). The van der Waals surface area contributed by atoms with Crippen molar-refractivity contribution in [2.45, 2.75) is 35.4 Å². The van der Waals surface area contributed by atoms with E-state index in [2.05, 4.69) is 12.2 Å². The van der Waals surface area contributed by atoms with Crippen LogP contribution in [0.15, 0.2) is 53.4 Å². The van der Waals surface area contributed by atoms with Gasteiger partial charge in [0.05, 0.1) is 12.3 Å². The summed E-state index contributed by atoms with van der Waals surface area (Å²) in [6, 6.07) is 14.5. The number of amides is 4. The third kappa shape index (κ3) is 3.26. The number of urea groups is 1. The van der Waals surface area contributed by atoms with Crippen molar-refractivity contribution < 1.29 is 19.1 Å². The highest BCUT2D eigenvalue weighted by atomic mass is 32.2. The Morgan fingerprint density at radius 3 is 2.84 bits per heavy atom. The van der Waals surface area contributed by atoms with Gasteiger partial charge in [-0.2, -0.15) is 0 Å². The molecule has 1 fully saturated rings. The van der Waals surface area contributed by atoms with Crippen LogP contribution < -0.4 is 15.0 Å². The van der Waals surface area contributed by atoms with Crippen LogP contribution >= 0.6 is 11.8 Å². The Balaban J connectivity index is 1.42. The second kappa shape index (κ2) is 7.60. The molecule has 0 aromatic heterocycles. The quantitative estimate of drug-likeness (QED) is 0.731. The van der Waals surface area contributed by atoms with Gasteiger partial charge in [0.25, 0.3) is 5.91 Å². The van der Waals surface area contributed by atoms with Gasteiger partial charge < -0.3 is 15.0 Å². The number of carbonyl (C=O) groups excluding carboxylic acids is 3. The Kier molecular flexibility index (Phi) is 4.89. The molecule has 7 nitrogen and oxygen atoms in total. The van der Waals surface area contributed by atoms with E-state index in [9.17, 15) is 14.4 Å². The minimum absolute atomic E-state index is 0.261. The van der Waals surface area contributed by atoms with Gasteiger partial charge in [0.1, 0.15) is 12.3 Å². The summed E-state index contributed by atoms with van der Waals surface area (Å²) in [4.78, 5) is 43.4. The maximum absolute atomic E-state index is 13.5.